The fourth-order valence-electron chi connectivity index (χ4n) is 5.86. The molecule has 0 aliphatic carbocycles. The van der Waals surface area contributed by atoms with Crippen molar-refractivity contribution in [2.75, 3.05) is 18.1 Å². The molecule has 17 heteroatoms. The number of rotatable bonds is 15. The van der Waals surface area contributed by atoms with Gasteiger partial charge in [-0.3, -0.25) is 18.7 Å². The molecule has 270 valence electrons. The van der Waals surface area contributed by atoms with Crippen molar-refractivity contribution in [3.05, 3.63) is 92.9 Å². The highest BCUT2D eigenvalue weighted by Crippen LogP contribution is 2.39. The molecule has 1 fully saturated rings. The summed E-state index contributed by atoms with van der Waals surface area (Å²) in [6.07, 6.45) is 0.666. The summed E-state index contributed by atoms with van der Waals surface area (Å²) in [6.45, 7) is 4.27. The van der Waals surface area contributed by atoms with Crippen LogP contribution in [0.25, 0.3) is 12.2 Å². The fraction of sp³-hybridized carbons (Fsp3) is 0.294. The van der Waals surface area contributed by atoms with Crippen LogP contribution in [0.15, 0.2) is 54.6 Å². The summed E-state index contributed by atoms with van der Waals surface area (Å²) in [5, 5.41) is 15.1. The molecule has 3 aromatic carbocycles. The van der Waals surface area contributed by atoms with Gasteiger partial charge in [-0.1, -0.05) is 36.9 Å². The second kappa shape index (κ2) is 15.1. The van der Waals surface area contributed by atoms with Crippen LogP contribution in [0.3, 0.4) is 0 Å². The van der Waals surface area contributed by atoms with E-state index in [1.165, 1.54) is 12.1 Å². The van der Waals surface area contributed by atoms with E-state index < -0.39 is 61.5 Å². The smallest absolute Gasteiger partial charge is 0.363 e. The summed E-state index contributed by atoms with van der Waals surface area (Å²) < 4.78 is 69.6. The molecular formula is C34H34N2O13S2. The number of unbranched alkanes of at least 4 members (excludes halogenated alkanes) is 1. The zero-order valence-corrected chi connectivity index (χ0v) is 28.7. The van der Waals surface area contributed by atoms with E-state index in [0.717, 1.165) is 6.07 Å². The lowest BCUT2D eigenvalue weighted by Crippen LogP contribution is -2.32. The number of benzene rings is 3. The third-order valence-corrected chi connectivity index (χ3v) is 9.87. The number of hydroxylamine groups is 2. The number of carbonyl (C=O) groups excluding carboxylic acids is 3. The lowest BCUT2D eigenvalue weighted by Gasteiger charge is -2.25. The van der Waals surface area contributed by atoms with Crippen LogP contribution in [0, 0.1) is 0 Å². The van der Waals surface area contributed by atoms with E-state index in [1.807, 2.05) is 0 Å². The summed E-state index contributed by atoms with van der Waals surface area (Å²) >= 11 is 0. The van der Waals surface area contributed by atoms with Crippen molar-refractivity contribution in [1.82, 2.24) is 10.4 Å². The van der Waals surface area contributed by atoms with Gasteiger partial charge in [0, 0.05) is 35.2 Å². The van der Waals surface area contributed by atoms with Gasteiger partial charge in [-0.15, -0.1) is 5.06 Å². The highest BCUT2D eigenvalue weighted by atomic mass is 32.2. The zero-order chi connectivity index (χ0) is 37.1. The SMILES string of the molecule is C=c1ccc2c(c1)Oc1cc(C(CCCS(=O)(=O)O)NCCCCS(=O)(=O)O)ccc1C=2c1ccc(C(=O)ON2C(=O)CCC2=O)cc1C(=O)O. The Morgan fingerprint density at radius 3 is 2.20 bits per heavy atom. The monoisotopic (exact) mass is 742 g/mol. The van der Waals surface area contributed by atoms with Crippen molar-refractivity contribution in [2.45, 2.75) is 44.6 Å². The molecule has 2 aliphatic heterocycles. The highest BCUT2D eigenvalue weighted by molar-refractivity contribution is 7.86. The van der Waals surface area contributed by atoms with Gasteiger partial charge in [0.05, 0.1) is 22.6 Å². The van der Waals surface area contributed by atoms with Gasteiger partial charge in [0.2, 0.25) is 0 Å². The number of carbonyl (C=O) groups is 4. The molecule has 4 N–H and O–H groups in total. The van der Waals surface area contributed by atoms with Crippen molar-refractivity contribution in [3.63, 3.8) is 0 Å². The molecule has 1 unspecified atom stereocenters. The van der Waals surface area contributed by atoms with E-state index in [2.05, 4.69) is 11.9 Å². The van der Waals surface area contributed by atoms with Gasteiger partial charge in [0.1, 0.15) is 11.5 Å². The van der Waals surface area contributed by atoms with Gasteiger partial charge in [-0.25, -0.2) is 9.59 Å². The highest BCUT2D eigenvalue weighted by Gasteiger charge is 2.34. The van der Waals surface area contributed by atoms with Gasteiger partial charge in [0.15, 0.2) is 0 Å². The molecule has 2 aliphatic rings. The summed E-state index contributed by atoms with van der Waals surface area (Å²) in [5.74, 6) is -4.08. The number of carboxylic acids is 1. The van der Waals surface area contributed by atoms with Crippen molar-refractivity contribution in [1.29, 1.82) is 0 Å². The number of hydrogen-bond acceptors (Lipinski definition) is 11. The minimum absolute atomic E-state index is 0.0847. The van der Waals surface area contributed by atoms with Gasteiger partial charge < -0.3 is 20.0 Å². The second-order valence-electron chi connectivity index (χ2n) is 12.0. The van der Waals surface area contributed by atoms with E-state index in [4.69, 9.17) is 14.1 Å². The summed E-state index contributed by atoms with van der Waals surface area (Å²) in [4.78, 5) is 54.4. The normalized spacial score (nSPS) is 14.9. The molecule has 0 radical (unpaired) electrons. The number of nitrogens with zero attached hydrogens (tertiary/aromatic N) is 1. The van der Waals surface area contributed by atoms with E-state index in [0.29, 0.717) is 56.7 Å². The number of nitrogens with one attached hydrogen (secondary N) is 1. The van der Waals surface area contributed by atoms with Crippen LogP contribution in [0.4, 0.5) is 0 Å². The molecule has 15 nitrogen and oxygen atoms in total. The fourth-order valence-corrected chi connectivity index (χ4v) is 6.96. The Morgan fingerprint density at radius 1 is 0.863 bits per heavy atom. The number of carboxylic acid groups (broad SMARTS) is 1. The van der Waals surface area contributed by atoms with Crippen LogP contribution in [0.1, 0.15) is 82.0 Å². The van der Waals surface area contributed by atoms with E-state index >= 15 is 0 Å². The van der Waals surface area contributed by atoms with E-state index in [-0.39, 0.29) is 48.8 Å². The Bertz CT molecular complexity index is 2240. The van der Waals surface area contributed by atoms with Crippen molar-refractivity contribution >= 4 is 56.1 Å². The molecule has 3 aromatic rings. The number of fused-ring (bicyclic) bond motifs is 2. The maximum absolute atomic E-state index is 12.9. The molecule has 0 bridgehead atoms. The first-order valence-corrected chi connectivity index (χ1v) is 19.0. The third kappa shape index (κ3) is 9.25. The minimum atomic E-state index is -4.23. The van der Waals surface area contributed by atoms with Crippen LogP contribution in [0.5, 0.6) is 11.5 Å². The lowest BCUT2D eigenvalue weighted by atomic mass is 9.87. The van der Waals surface area contributed by atoms with E-state index in [9.17, 15) is 45.7 Å². The lowest BCUT2D eigenvalue weighted by molar-refractivity contribution is -0.172. The van der Waals surface area contributed by atoms with Gasteiger partial charge in [-0.2, -0.15) is 16.8 Å². The Kier molecular flexibility index (Phi) is 11.1. The molecular weight excluding hydrogens is 709 g/mol. The van der Waals surface area contributed by atoms with Crippen molar-refractivity contribution in [3.8, 4) is 11.5 Å². The second-order valence-corrected chi connectivity index (χ2v) is 15.2. The van der Waals surface area contributed by atoms with Crippen molar-refractivity contribution in [2.24, 2.45) is 0 Å². The molecule has 0 saturated carbocycles. The summed E-state index contributed by atoms with van der Waals surface area (Å²) in [5.41, 5.74) is 1.30. The molecule has 51 heavy (non-hydrogen) atoms. The largest absolute Gasteiger partial charge is 0.478 e. The predicted molar refractivity (Wildman–Crippen MR) is 181 cm³/mol. The molecule has 1 saturated heterocycles. The third-order valence-electron chi connectivity index (χ3n) is 8.26. The average molecular weight is 743 g/mol. The molecule has 2 heterocycles. The summed E-state index contributed by atoms with van der Waals surface area (Å²) in [7, 11) is -8.36. The van der Waals surface area contributed by atoms with Crippen LogP contribution in [-0.2, 0) is 34.7 Å². The first-order valence-electron chi connectivity index (χ1n) is 15.8. The molecule has 5 rings (SSSR count). The quantitative estimate of drug-likeness (QED) is 0.0779. The molecule has 0 spiro atoms. The Labute approximate surface area is 292 Å². The van der Waals surface area contributed by atoms with Gasteiger partial charge >= 0.3 is 11.9 Å². The first-order chi connectivity index (χ1) is 24.0. The predicted octanol–water partition coefficient (Wildman–Crippen LogP) is 2.34. The minimum Gasteiger partial charge on any atom is -0.478 e. The first kappa shape index (κ1) is 37.3. The standard InChI is InChI=1S/C34H34N2O13S2/c1-20-6-9-24-28(17-20)48-29-19-21(27(5-4-16-51(45,46)47)35-14-2-3-15-50(42,43)44)7-11-25(29)32(24)23-10-8-22(18-26(23)33(39)40)34(41)49-36-30(37)12-13-31(36)38/h6-11,17-19,27,35H,1-5,12-16H2,(H,39,40)(H,42,43,44)(H,45,46,47). The van der Waals surface area contributed by atoms with E-state index in [1.54, 1.807) is 36.4 Å². The van der Waals surface area contributed by atoms with Crippen LogP contribution in [0.2, 0.25) is 0 Å². The number of ether oxygens (including phenoxy) is 1. The zero-order valence-electron chi connectivity index (χ0n) is 27.0. The van der Waals surface area contributed by atoms with Gasteiger partial charge in [0.25, 0.3) is 32.1 Å². The van der Waals surface area contributed by atoms with Crippen LogP contribution >= 0.6 is 0 Å². The molecule has 1 atom stereocenters. The van der Waals surface area contributed by atoms with Crippen LogP contribution < -0.4 is 20.5 Å². The Morgan fingerprint density at radius 2 is 1.53 bits per heavy atom. The van der Waals surface area contributed by atoms with Gasteiger partial charge in [-0.05, 0) is 72.8 Å². The average Bonchev–Trinajstić information content (AvgIpc) is 3.36. The van der Waals surface area contributed by atoms with Crippen LogP contribution in [-0.4, -0.2) is 77.9 Å². The molecule has 2 amide bonds. The number of aromatic carboxylic acids is 1. The Balaban J connectivity index is 1.53. The maximum Gasteiger partial charge on any atom is 0.363 e. The number of hydrogen-bond donors (Lipinski definition) is 4. The number of amides is 2. The summed E-state index contributed by atoms with van der Waals surface area (Å²) in [6, 6.07) is 13.6. The Hall–Kier alpha value is -4.94. The van der Waals surface area contributed by atoms with Crippen molar-refractivity contribution < 1.29 is 59.8 Å². The molecule has 0 aromatic heterocycles. The topological polar surface area (TPSA) is 231 Å². The maximum atomic E-state index is 12.9. The number of imide groups is 1.